The van der Waals surface area contributed by atoms with Gasteiger partial charge in [0.25, 0.3) is 6.71 Å². The maximum atomic E-state index is 2.81. The summed E-state index contributed by atoms with van der Waals surface area (Å²) in [4.78, 5) is 8.27. The number of anilines is 8. The minimum Gasteiger partial charge on any atom is -0.330 e. The van der Waals surface area contributed by atoms with Crippen molar-refractivity contribution in [2.24, 2.45) is 0 Å². The summed E-state index contributed by atoms with van der Waals surface area (Å²) >= 11 is 0. The van der Waals surface area contributed by atoms with E-state index in [4.69, 9.17) is 0 Å². The number of fused-ring (bicyclic) bond motifs is 10. The summed E-state index contributed by atoms with van der Waals surface area (Å²) in [7, 11) is 0. The molecule has 9 aromatic rings. The molecule has 0 spiro atoms. The molecular formula is C84H92BN3. The van der Waals surface area contributed by atoms with Gasteiger partial charge in [-0.2, -0.15) is 0 Å². The van der Waals surface area contributed by atoms with Crippen LogP contribution in [0.2, 0.25) is 0 Å². The van der Waals surface area contributed by atoms with E-state index in [9.17, 15) is 0 Å². The topological polar surface area (TPSA) is 9.72 Å². The lowest BCUT2D eigenvalue weighted by molar-refractivity contribution is 0.270. The van der Waals surface area contributed by atoms with Crippen molar-refractivity contribution in [1.29, 1.82) is 0 Å². The van der Waals surface area contributed by atoms with Crippen LogP contribution in [0, 0.1) is 6.92 Å². The fourth-order valence-electron chi connectivity index (χ4n) is 16.7. The van der Waals surface area contributed by atoms with Crippen LogP contribution >= 0.6 is 0 Å². The summed E-state index contributed by atoms with van der Waals surface area (Å²) < 4.78 is 0. The first kappa shape index (κ1) is 58.1. The predicted molar refractivity (Wildman–Crippen MR) is 379 cm³/mol. The maximum absolute atomic E-state index is 2.81. The van der Waals surface area contributed by atoms with Crippen LogP contribution in [0.15, 0.2) is 182 Å². The average molecular weight is 1150 g/mol. The van der Waals surface area contributed by atoms with Gasteiger partial charge in [0, 0.05) is 45.4 Å². The van der Waals surface area contributed by atoms with Crippen molar-refractivity contribution in [3.05, 3.63) is 243 Å². The fraction of sp³-hybridized carbons (Fsp3) is 0.357. The molecule has 0 bridgehead atoms. The van der Waals surface area contributed by atoms with Crippen molar-refractivity contribution in [2.45, 2.75) is 194 Å². The van der Waals surface area contributed by atoms with Crippen LogP contribution in [0.1, 0.15) is 198 Å². The molecule has 2 atom stereocenters. The number of rotatable bonds is 5. The molecule has 0 N–H and O–H groups in total. The molecule has 0 saturated carbocycles. The number of hydrogen-bond donors (Lipinski definition) is 0. The number of hydrogen-bond acceptors (Lipinski definition) is 3. The Morgan fingerprint density at radius 3 is 1.52 bits per heavy atom. The van der Waals surface area contributed by atoms with Crippen LogP contribution in [-0.4, -0.2) is 6.71 Å². The minimum absolute atomic E-state index is 0.0141. The van der Waals surface area contributed by atoms with E-state index in [2.05, 4.69) is 321 Å². The Balaban J connectivity index is 1.12. The average Bonchev–Trinajstić information content (AvgIpc) is 1.35. The van der Waals surface area contributed by atoms with Gasteiger partial charge in [-0.3, -0.25) is 0 Å². The van der Waals surface area contributed by atoms with E-state index < -0.39 is 5.54 Å². The van der Waals surface area contributed by atoms with E-state index in [1.54, 1.807) is 0 Å². The van der Waals surface area contributed by atoms with Gasteiger partial charge in [0.15, 0.2) is 0 Å². The molecule has 5 aliphatic rings. The summed E-state index contributed by atoms with van der Waals surface area (Å²) in [5, 5.41) is 0. The Bertz CT molecular complexity index is 4310. The molecule has 3 heterocycles. The second kappa shape index (κ2) is 19.5. The second-order valence-corrected chi connectivity index (χ2v) is 32.7. The van der Waals surface area contributed by atoms with Gasteiger partial charge < -0.3 is 14.7 Å². The van der Waals surface area contributed by atoms with E-state index in [0.717, 1.165) is 25.7 Å². The Morgan fingerprint density at radius 1 is 0.386 bits per heavy atom. The monoisotopic (exact) mass is 1150 g/mol. The molecule has 2 unspecified atom stereocenters. The SMILES string of the molecule is Cc1cc(C(C)(C)C)ccc1N1c2cc(N3c4ccc(C(C)(C)C)cc4C4(c5ccccc5)CCc5ccccc5C34C)ccc2B2c3cc4c(cc3N(c3ccc(C(C)(C)C)cc3-c3ccccc3)c3cc(C(C)(C)C)cc1c32)C(C)(C)CCC4(C)C. The highest BCUT2D eigenvalue weighted by Gasteiger charge is 2.63. The zero-order chi connectivity index (χ0) is 62.2. The highest BCUT2D eigenvalue weighted by Crippen LogP contribution is 2.67. The van der Waals surface area contributed by atoms with Crippen molar-refractivity contribution in [2.75, 3.05) is 14.7 Å². The van der Waals surface area contributed by atoms with E-state index in [0.29, 0.717) is 0 Å². The Morgan fingerprint density at radius 2 is 0.909 bits per heavy atom. The molecule has 9 aromatic carbocycles. The third-order valence-corrected chi connectivity index (χ3v) is 22.1. The largest absolute Gasteiger partial charge is 0.330 e. The van der Waals surface area contributed by atoms with Gasteiger partial charge in [-0.05, 0) is 210 Å². The second-order valence-electron chi connectivity index (χ2n) is 32.7. The van der Waals surface area contributed by atoms with Crippen molar-refractivity contribution in [3.8, 4) is 11.1 Å². The van der Waals surface area contributed by atoms with Gasteiger partial charge >= 0.3 is 0 Å². The molecule has 88 heavy (non-hydrogen) atoms. The van der Waals surface area contributed by atoms with Crippen LogP contribution in [-0.2, 0) is 49.9 Å². The standard InChI is InChI=1S/C84H92BN3/c1-53-45-57(77(2,3)4)33-38-69(53)86-72-50-61(88-71-40-35-59(79(8,9)10)47-66(71)84(56-30-23-20-24-31-56)42-41-55-29-25-26-32-63(55)83(84,88)18)36-37-67(72)85-68-51-64-65(82(16,17)44-43-81(64,14)15)52-73(68)87(75-49-60(80(11,12)13)48-74(86)76(75)85)70-39-34-58(78(5,6)7)46-62(70)54-27-21-19-22-28-54/h19-40,45-52H,41-44H2,1-18H3. The summed E-state index contributed by atoms with van der Waals surface area (Å²) in [5.74, 6) is 0. The highest BCUT2D eigenvalue weighted by molar-refractivity contribution is 7.00. The van der Waals surface area contributed by atoms with Gasteiger partial charge in [0.05, 0.1) is 16.6 Å². The lowest BCUT2D eigenvalue weighted by Gasteiger charge is -2.53. The molecule has 2 aliphatic carbocycles. The maximum Gasteiger partial charge on any atom is 0.252 e. The molecule has 0 fully saturated rings. The van der Waals surface area contributed by atoms with Gasteiger partial charge in [0.1, 0.15) is 0 Å². The van der Waals surface area contributed by atoms with Crippen LogP contribution < -0.4 is 31.1 Å². The molecule has 3 nitrogen and oxygen atoms in total. The van der Waals surface area contributed by atoms with Gasteiger partial charge in [-0.25, -0.2) is 0 Å². The lowest BCUT2D eigenvalue weighted by atomic mass is 9.33. The molecular weight excluding hydrogens is 1060 g/mol. The highest BCUT2D eigenvalue weighted by atomic mass is 15.3. The Labute approximate surface area is 528 Å². The fourth-order valence-corrected chi connectivity index (χ4v) is 16.7. The zero-order valence-corrected chi connectivity index (χ0v) is 56.1. The normalized spacial score (nSPS) is 19.7. The van der Waals surface area contributed by atoms with Crippen LogP contribution in [0.25, 0.3) is 11.1 Å². The van der Waals surface area contributed by atoms with Gasteiger partial charge in [-0.15, -0.1) is 0 Å². The third-order valence-electron chi connectivity index (χ3n) is 22.1. The Kier molecular flexibility index (Phi) is 12.9. The summed E-state index contributed by atoms with van der Waals surface area (Å²) in [6.07, 6.45) is 4.29. The minimum atomic E-state index is -0.501. The first-order valence-corrected chi connectivity index (χ1v) is 33.0. The quantitative estimate of drug-likeness (QED) is 0.159. The number of aryl methyl sites for hydroxylation is 2. The summed E-state index contributed by atoms with van der Waals surface area (Å²) in [6.45, 7) is 43.3. The molecule has 446 valence electrons. The lowest BCUT2D eigenvalue weighted by Crippen LogP contribution is -2.62. The first-order chi connectivity index (χ1) is 41.4. The number of benzene rings is 9. The molecule has 0 saturated heterocycles. The van der Waals surface area contributed by atoms with E-state index in [1.807, 2.05) is 0 Å². The summed E-state index contributed by atoms with van der Waals surface area (Å²) in [6, 6.07) is 72.8. The predicted octanol–water partition coefficient (Wildman–Crippen LogP) is 20.6. The van der Waals surface area contributed by atoms with Gasteiger partial charge in [-0.1, -0.05) is 238 Å². The third kappa shape index (κ3) is 8.63. The van der Waals surface area contributed by atoms with Crippen molar-refractivity contribution in [1.82, 2.24) is 0 Å². The van der Waals surface area contributed by atoms with Crippen LogP contribution in [0.5, 0.6) is 0 Å². The van der Waals surface area contributed by atoms with E-state index in [-0.39, 0.29) is 44.6 Å². The zero-order valence-electron chi connectivity index (χ0n) is 56.1. The smallest absolute Gasteiger partial charge is 0.252 e. The van der Waals surface area contributed by atoms with Crippen LogP contribution in [0.4, 0.5) is 45.5 Å². The summed E-state index contributed by atoms with van der Waals surface area (Å²) in [5.41, 5.74) is 30.6. The molecule has 3 aliphatic heterocycles. The Hall–Kier alpha value is -7.56. The molecule has 0 amide bonds. The molecule has 14 rings (SSSR count). The van der Waals surface area contributed by atoms with Crippen molar-refractivity contribution >= 4 is 68.6 Å². The van der Waals surface area contributed by atoms with E-state index >= 15 is 0 Å². The van der Waals surface area contributed by atoms with Crippen LogP contribution in [0.3, 0.4) is 0 Å². The number of nitrogens with zero attached hydrogens (tertiary/aromatic N) is 3. The first-order valence-electron chi connectivity index (χ1n) is 33.0. The molecule has 0 aromatic heterocycles. The molecule has 0 radical (unpaired) electrons. The van der Waals surface area contributed by atoms with E-state index in [1.165, 1.54) is 134 Å². The van der Waals surface area contributed by atoms with Crippen molar-refractivity contribution in [3.63, 3.8) is 0 Å². The van der Waals surface area contributed by atoms with Crippen molar-refractivity contribution < 1.29 is 0 Å². The van der Waals surface area contributed by atoms with Gasteiger partial charge in [0.2, 0.25) is 0 Å². The molecule has 4 heteroatoms.